The Hall–Kier alpha value is -1.85. The van der Waals surface area contributed by atoms with Crippen LogP contribution in [-0.4, -0.2) is 9.97 Å². The van der Waals surface area contributed by atoms with Crippen LogP contribution >= 0.6 is 11.6 Å². The third-order valence-corrected chi connectivity index (χ3v) is 3.10. The minimum Gasteiger partial charge on any atom is -0.439 e. The average Bonchev–Trinajstić information content (AvgIpc) is 2.38. The van der Waals surface area contributed by atoms with E-state index in [4.69, 9.17) is 22.1 Å². The second kappa shape index (κ2) is 6.07. The van der Waals surface area contributed by atoms with Crippen LogP contribution in [0.3, 0.4) is 0 Å². The number of halogens is 1. The smallest absolute Gasteiger partial charge is 0.254 e. The van der Waals surface area contributed by atoms with Crippen LogP contribution in [0.5, 0.6) is 11.6 Å². The summed E-state index contributed by atoms with van der Waals surface area (Å²) in [6.07, 6.45) is 0. The molecule has 2 rings (SSSR count). The van der Waals surface area contributed by atoms with Gasteiger partial charge in [-0.25, -0.2) is 0 Å². The minimum absolute atomic E-state index is 0.106. The molecule has 0 bridgehead atoms. The summed E-state index contributed by atoms with van der Waals surface area (Å²) in [5.41, 5.74) is 6.13. The van der Waals surface area contributed by atoms with E-state index in [0.717, 1.165) is 5.56 Å². The first-order chi connectivity index (χ1) is 9.49. The summed E-state index contributed by atoms with van der Waals surface area (Å²) < 4.78 is 5.57. The first-order valence-corrected chi connectivity index (χ1v) is 6.65. The molecule has 0 atom stereocenters. The highest BCUT2D eigenvalue weighted by Crippen LogP contribution is 2.25. The second-order valence-corrected chi connectivity index (χ2v) is 5.09. The van der Waals surface area contributed by atoms with Gasteiger partial charge in [-0.3, -0.25) is 4.79 Å². The molecular weight excluding hydrogens is 278 g/mol. The van der Waals surface area contributed by atoms with E-state index in [1.165, 1.54) is 6.07 Å². The van der Waals surface area contributed by atoms with Crippen LogP contribution in [-0.2, 0) is 6.54 Å². The highest BCUT2D eigenvalue weighted by molar-refractivity contribution is 6.31. The number of aromatic amines is 1. The Morgan fingerprint density at radius 2 is 2.15 bits per heavy atom. The summed E-state index contributed by atoms with van der Waals surface area (Å²) in [5.74, 6) is 1.45. The van der Waals surface area contributed by atoms with E-state index >= 15 is 0 Å². The van der Waals surface area contributed by atoms with Gasteiger partial charge in [0.1, 0.15) is 11.6 Å². The molecule has 0 spiro atoms. The third-order valence-electron chi connectivity index (χ3n) is 2.75. The molecule has 0 aliphatic rings. The first kappa shape index (κ1) is 14.6. The van der Waals surface area contributed by atoms with Gasteiger partial charge in [0.25, 0.3) is 5.56 Å². The quantitative estimate of drug-likeness (QED) is 0.908. The van der Waals surface area contributed by atoms with Gasteiger partial charge in [0.15, 0.2) is 0 Å². The second-order valence-electron chi connectivity index (χ2n) is 4.68. The lowest BCUT2D eigenvalue weighted by molar-refractivity contribution is 0.455. The largest absolute Gasteiger partial charge is 0.439 e. The Balaban J connectivity index is 2.30. The zero-order valence-corrected chi connectivity index (χ0v) is 12.1. The summed E-state index contributed by atoms with van der Waals surface area (Å²) in [6.45, 7) is 4.24. The number of hydrogen-bond donors (Lipinski definition) is 2. The molecule has 0 amide bonds. The number of nitrogens with two attached hydrogens (primary N) is 1. The van der Waals surface area contributed by atoms with Crippen molar-refractivity contribution in [2.45, 2.75) is 26.3 Å². The van der Waals surface area contributed by atoms with Gasteiger partial charge in [0.05, 0.1) is 6.07 Å². The van der Waals surface area contributed by atoms with E-state index in [-0.39, 0.29) is 17.4 Å². The molecule has 0 saturated heterocycles. The maximum Gasteiger partial charge on any atom is 0.254 e. The molecule has 0 aliphatic heterocycles. The molecule has 20 heavy (non-hydrogen) atoms. The predicted octanol–water partition coefficient (Wildman–Crippen LogP) is 2.80. The summed E-state index contributed by atoms with van der Waals surface area (Å²) in [5, 5.41) is 0.527. The van der Waals surface area contributed by atoms with E-state index < -0.39 is 0 Å². The van der Waals surface area contributed by atoms with Crippen molar-refractivity contribution in [3.05, 3.63) is 51.0 Å². The van der Waals surface area contributed by atoms with Crippen molar-refractivity contribution in [2.75, 3.05) is 0 Å². The Kier molecular flexibility index (Phi) is 4.42. The van der Waals surface area contributed by atoms with Gasteiger partial charge in [-0.05, 0) is 17.7 Å². The maximum absolute atomic E-state index is 11.6. The molecule has 0 aliphatic carbocycles. The highest BCUT2D eigenvalue weighted by atomic mass is 35.5. The number of ether oxygens (including phenoxy) is 1. The van der Waals surface area contributed by atoms with Crippen molar-refractivity contribution >= 4 is 11.6 Å². The number of hydrogen-bond acceptors (Lipinski definition) is 4. The number of rotatable bonds is 4. The normalized spacial score (nSPS) is 10.8. The molecule has 1 heterocycles. The summed E-state index contributed by atoms with van der Waals surface area (Å²) >= 11 is 6.06. The molecule has 0 unspecified atom stereocenters. The van der Waals surface area contributed by atoms with E-state index in [2.05, 4.69) is 9.97 Å². The molecule has 1 aromatic carbocycles. The van der Waals surface area contributed by atoms with Crippen LogP contribution in [0.25, 0.3) is 0 Å². The topological polar surface area (TPSA) is 81.0 Å². The van der Waals surface area contributed by atoms with Gasteiger partial charge in [0, 0.05) is 17.5 Å². The molecule has 6 heteroatoms. The van der Waals surface area contributed by atoms with Crippen molar-refractivity contribution in [2.24, 2.45) is 5.73 Å². The molecule has 0 fully saturated rings. The van der Waals surface area contributed by atoms with Crippen LogP contribution in [0.2, 0.25) is 5.02 Å². The van der Waals surface area contributed by atoms with Crippen molar-refractivity contribution in [3.63, 3.8) is 0 Å². The fourth-order valence-electron chi connectivity index (χ4n) is 1.66. The molecule has 0 radical (unpaired) electrons. The summed E-state index contributed by atoms with van der Waals surface area (Å²) in [7, 11) is 0. The number of nitrogens with zero attached hydrogens (tertiary/aromatic N) is 1. The molecule has 106 valence electrons. The first-order valence-electron chi connectivity index (χ1n) is 6.27. The van der Waals surface area contributed by atoms with E-state index in [0.29, 0.717) is 23.1 Å². The van der Waals surface area contributed by atoms with Crippen molar-refractivity contribution in [3.8, 4) is 11.6 Å². The Labute approximate surface area is 121 Å². The highest BCUT2D eigenvalue weighted by Gasteiger charge is 2.08. The van der Waals surface area contributed by atoms with Gasteiger partial charge in [-0.1, -0.05) is 31.5 Å². The van der Waals surface area contributed by atoms with Crippen molar-refractivity contribution in [1.82, 2.24) is 9.97 Å². The predicted molar refractivity (Wildman–Crippen MR) is 78.4 cm³/mol. The molecule has 2 aromatic rings. The van der Waals surface area contributed by atoms with Crippen LogP contribution in [0.1, 0.15) is 31.2 Å². The van der Waals surface area contributed by atoms with Crippen LogP contribution in [0.4, 0.5) is 0 Å². The average molecular weight is 294 g/mol. The summed E-state index contributed by atoms with van der Waals surface area (Å²) in [4.78, 5) is 18.5. The SMILES string of the molecule is CC(C)c1nc(Oc2ccc(CN)c(Cl)c2)cc(=O)[nH]1. The number of H-pyrrole nitrogens is 1. The lowest BCUT2D eigenvalue weighted by atomic mass is 10.2. The molecular formula is C14H16ClN3O2. The Morgan fingerprint density at radius 1 is 1.40 bits per heavy atom. The number of benzene rings is 1. The Bertz CT molecular complexity index is 668. The third kappa shape index (κ3) is 3.37. The standard InChI is InChI=1S/C14H16ClN3O2/c1-8(2)14-17-12(19)6-13(18-14)20-10-4-3-9(7-16)11(15)5-10/h3-6,8H,7,16H2,1-2H3,(H,17,18,19). The molecule has 3 N–H and O–H groups in total. The van der Waals surface area contributed by atoms with Crippen LogP contribution in [0, 0.1) is 0 Å². The lowest BCUT2D eigenvalue weighted by Gasteiger charge is -2.09. The van der Waals surface area contributed by atoms with Gasteiger partial charge in [-0.15, -0.1) is 0 Å². The molecule has 1 aromatic heterocycles. The van der Waals surface area contributed by atoms with Crippen molar-refractivity contribution < 1.29 is 4.74 Å². The fourth-order valence-corrected chi connectivity index (χ4v) is 1.90. The monoisotopic (exact) mass is 293 g/mol. The van der Waals surface area contributed by atoms with E-state index in [9.17, 15) is 4.79 Å². The van der Waals surface area contributed by atoms with Gasteiger partial charge >= 0.3 is 0 Å². The van der Waals surface area contributed by atoms with Gasteiger partial charge in [0.2, 0.25) is 5.88 Å². The van der Waals surface area contributed by atoms with Gasteiger partial charge < -0.3 is 15.5 Å². The zero-order chi connectivity index (χ0) is 14.7. The van der Waals surface area contributed by atoms with Crippen LogP contribution < -0.4 is 16.0 Å². The maximum atomic E-state index is 11.6. The molecule has 5 nitrogen and oxygen atoms in total. The number of aromatic nitrogens is 2. The zero-order valence-electron chi connectivity index (χ0n) is 11.3. The van der Waals surface area contributed by atoms with Gasteiger partial charge in [-0.2, -0.15) is 4.98 Å². The van der Waals surface area contributed by atoms with Crippen LogP contribution in [0.15, 0.2) is 29.1 Å². The molecule has 0 saturated carbocycles. The minimum atomic E-state index is -0.247. The van der Waals surface area contributed by atoms with E-state index in [1.54, 1.807) is 18.2 Å². The van der Waals surface area contributed by atoms with E-state index in [1.807, 2.05) is 13.8 Å². The fraction of sp³-hybridized carbons (Fsp3) is 0.286. The van der Waals surface area contributed by atoms with Crippen molar-refractivity contribution in [1.29, 1.82) is 0 Å². The summed E-state index contributed by atoms with van der Waals surface area (Å²) in [6, 6.07) is 6.48. The number of nitrogens with one attached hydrogen (secondary N) is 1. The lowest BCUT2D eigenvalue weighted by Crippen LogP contribution is -2.11. The Morgan fingerprint density at radius 3 is 2.75 bits per heavy atom.